The van der Waals surface area contributed by atoms with Crippen molar-refractivity contribution in [2.75, 3.05) is 47.4 Å². The van der Waals surface area contributed by atoms with Crippen molar-refractivity contribution in [2.24, 2.45) is 0 Å². The second-order valence-electron chi connectivity index (χ2n) is 8.00. The highest BCUT2D eigenvalue weighted by atomic mass is 35.5. The fourth-order valence-corrected chi connectivity index (χ4v) is 5.28. The topological polar surface area (TPSA) is 79.0 Å². The lowest BCUT2D eigenvalue weighted by Gasteiger charge is -2.29. The lowest BCUT2D eigenvalue weighted by Crippen LogP contribution is -2.38. The quantitative estimate of drug-likeness (QED) is 0.523. The SMILES string of the molecule is Cc1cccc(N(CC(=O)Nc2ccc(N3CCOCC3)cc2)S(=O)(=O)c2ccc(Cl)cc2)c1. The number of rotatable bonds is 7. The zero-order chi connectivity index (χ0) is 24.1. The average Bonchev–Trinajstić information content (AvgIpc) is 2.84. The van der Waals surface area contributed by atoms with Gasteiger partial charge in [0.15, 0.2) is 0 Å². The Morgan fingerprint density at radius 1 is 1.03 bits per heavy atom. The predicted octanol–water partition coefficient (Wildman–Crippen LogP) is 4.32. The van der Waals surface area contributed by atoms with Gasteiger partial charge in [0.25, 0.3) is 10.0 Å². The van der Waals surface area contributed by atoms with E-state index in [4.69, 9.17) is 16.3 Å². The summed E-state index contributed by atoms with van der Waals surface area (Å²) in [6.45, 7) is 4.51. The highest BCUT2D eigenvalue weighted by Crippen LogP contribution is 2.26. The molecule has 7 nitrogen and oxygen atoms in total. The summed E-state index contributed by atoms with van der Waals surface area (Å²) in [7, 11) is -4.00. The van der Waals surface area contributed by atoms with Gasteiger partial charge in [0, 0.05) is 29.5 Å². The van der Waals surface area contributed by atoms with E-state index in [0.717, 1.165) is 28.6 Å². The molecule has 3 aromatic rings. The number of carbonyl (C=O) groups excluding carboxylic acids is 1. The van der Waals surface area contributed by atoms with Gasteiger partial charge in [-0.05, 0) is 73.2 Å². The van der Waals surface area contributed by atoms with Crippen LogP contribution < -0.4 is 14.5 Å². The molecule has 4 rings (SSSR count). The number of amides is 1. The van der Waals surface area contributed by atoms with Crippen LogP contribution in [-0.2, 0) is 19.6 Å². The number of hydrogen-bond acceptors (Lipinski definition) is 5. The van der Waals surface area contributed by atoms with Crippen molar-refractivity contribution in [3.05, 3.63) is 83.4 Å². The van der Waals surface area contributed by atoms with Gasteiger partial charge in [0.2, 0.25) is 5.91 Å². The zero-order valence-electron chi connectivity index (χ0n) is 18.8. The van der Waals surface area contributed by atoms with Gasteiger partial charge >= 0.3 is 0 Å². The molecule has 0 aliphatic carbocycles. The highest BCUT2D eigenvalue weighted by Gasteiger charge is 2.27. The van der Waals surface area contributed by atoms with Gasteiger partial charge in [-0.3, -0.25) is 9.10 Å². The lowest BCUT2D eigenvalue weighted by molar-refractivity contribution is -0.114. The molecule has 0 radical (unpaired) electrons. The molecule has 178 valence electrons. The smallest absolute Gasteiger partial charge is 0.264 e. The van der Waals surface area contributed by atoms with Gasteiger partial charge in [-0.15, -0.1) is 0 Å². The standard InChI is InChI=1S/C25H26ClN3O4S/c1-19-3-2-4-23(17-19)29(34(31,32)24-11-5-20(26)6-12-24)18-25(30)27-21-7-9-22(10-8-21)28-13-15-33-16-14-28/h2-12,17H,13-16,18H2,1H3,(H,27,30). The molecule has 0 saturated carbocycles. The molecule has 0 bridgehead atoms. The molecule has 1 saturated heterocycles. The van der Waals surface area contributed by atoms with Crippen LogP contribution in [0.4, 0.5) is 17.1 Å². The first-order valence-corrected chi connectivity index (χ1v) is 12.7. The molecule has 34 heavy (non-hydrogen) atoms. The first-order chi connectivity index (χ1) is 16.3. The van der Waals surface area contributed by atoms with Crippen LogP contribution in [0, 0.1) is 6.92 Å². The Labute approximate surface area is 205 Å². The number of sulfonamides is 1. The number of morpholine rings is 1. The van der Waals surface area contributed by atoms with Crippen LogP contribution in [0.2, 0.25) is 5.02 Å². The van der Waals surface area contributed by atoms with Crippen molar-refractivity contribution in [3.8, 4) is 0 Å². The predicted molar refractivity (Wildman–Crippen MR) is 135 cm³/mol. The fraction of sp³-hybridized carbons (Fsp3) is 0.240. The van der Waals surface area contributed by atoms with Gasteiger partial charge in [-0.1, -0.05) is 23.7 Å². The Bertz CT molecular complexity index is 1240. The summed E-state index contributed by atoms with van der Waals surface area (Å²) in [5.74, 6) is -0.446. The molecule has 1 aliphatic rings. The van der Waals surface area contributed by atoms with E-state index in [-0.39, 0.29) is 11.4 Å². The van der Waals surface area contributed by atoms with Crippen molar-refractivity contribution in [1.29, 1.82) is 0 Å². The minimum atomic E-state index is -4.00. The molecule has 1 fully saturated rings. The molecule has 3 aromatic carbocycles. The molecule has 1 heterocycles. The van der Waals surface area contributed by atoms with E-state index >= 15 is 0 Å². The molecule has 0 atom stereocenters. The second kappa shape index (κ2) is 10.5. The number of nitrogens with one attached hydrogen (secondary N) is 1. The van der Waals surface area contributed by atoms with Gasteiger partial charge in [-0.25, -0.2) is 8.42 Å². The number of benzene rings is 3. The molecule has 0 spiro atoms. The number of aryl methyl sites for hydroxylation is 1. The normalized spacial score (nSPS) is 14.0. The third kappa shape index (κ3) is 5.70. The van der Waals surface area contributed by atoms with Crippen LogP contribution in [-0.4, -0.2) is 47.2 Å². The summed E-state index contributed by atoms with van der Waals surface area (Å²) in [6.07, 6.45) is 0. The summed E-state index contributed by atoms with van der Waals surface area (Å²) >= 11 is 5.93. The van der Waals surface area contributed by atoms with Gasteiger partial charge in [0.1, 0.15) is 6.54 Å². The Morgan fingerprint density at radius 3 is 2.35 bits per heavy atom. The Balaban J connectivity index is 1.54. The lowest BCUT2D eigenvalue weighted by atomic mass is 10.2. The van der Waals surface area contributed by atoms with Crippen molar-refractivity contribution >= 4 is 44.6 Å². The van der Waals surface area contributed by atoms with E-state index in [1.54, 1.807) is 18.2 Å². The fourth-order valence-electron chi connectivity index (χ4n) is 3.74. The second-order valence-corrected chi connectivity index (χ2v) is 10.3. The molecule has 0 aromatic heterocycles. The van der Waals surface area contributed by atoms with E-state index in [1.165, 1.54) is 24.3 Å². The minimum absolute atomic E-state index is 0.0565. The maximum Gasteiger partial charge on any atom is 0.264 e. The van der Waals surface area contributed by atoms with Crippen LogP contribution in [0.1, 0.15) is 5.56 Å². The maximum atomic E-state index is 13.5. The zero-order valence-corrected chi connectivity index (χ0v) is 20.3. The Kier molecular flexibility index (Phi) is 7.41. The summed E-state index contributed by atoms with van der Waals surface area (Å²) in [5.41, 5.74) is 2.93. The maximum absolute atomic E-state index is 13.5. The monoisotopic (exact) mass is 499 g/mol. The molecule has 9 heteroatoms. The van der Waals surface area contributed by atoms with Crippen LogP contribution >= 0.6 is 11.6 Å². The van der Waals surface area contributed by atoms with E-state index in [9.17, 15) is 13.2 Å². The van der Waals surface area contributed by atoms with Crippen molar-refractivity contribution < 1.29 is 17.9 Å². The number of nitrogens with zero attached hydrogens (tertiary/aromatic N) is 2. The van der Waals surface area contributed by atoms with Gasteiger partial charge in [-0.2, -0.15) is 0 Å². The Hall–Kier alpha value is -3.07. The molecule has 1 amide bonds. The highest BCUT2D eigenvalue weighted by molar-refractivity contribution is 7.92. The minimum Gasteiger partial charge on any atom is -0.378 e. The van der Waals surface area contributed by atoms with E-state index in [1.807, 2.05) is 37.3 Å². The first kappa shape index (κ1) is 24.1. The largest absolute Gasteiger partial charge is 0.378 e. The summed E-state index contributed by atoms with van der Waals surface area (Å²) < 4.78 is 33.4. The van der Waals surface area contributed by atoms with Crippen LogP contribution in [0.15, 0.2) is 77.7 Å². The summed E-state index contributed by atoms with van der Waals surface area (Å²) in [6, 6.07) is 20.4. The number of ether oxygens (including phenoxy) is 1. The van der Waals surface area contributed by atoms with Gasteiger partial charge < -0.3 is 15.0 Å². The number of hydrogen-bond donors (Lipinski definition) is 1. The van der Waals surface area contributed by atoms with E-state index in [0.29, 0.717) is 29.6 Å². The third-order valence-corrected chi connectivity index (χ3v) is 7.55. The van der Waals surface area contributed by atoms with Gasteiger partial charge in [0.05, 0.1) is 23.8 Å². The molecule has 0 unspecified atom stereocenters. The summed E-state index contributed by atoms with van der Waals surface area (Å²) in [4.78, 5) is 15.2. The third-order valence-electron chi connectivity index (χ3n) is 5.51. The van der Waals surface area contributed by atoms with Crippen molar-refractivity contribution in [1.82, 2.24) is 0 Å². The van der Waals surface area contributed by atoms with Crippen LogP contribution in [0.3, 0.4) is 0 Å². The molecular weight excluding hydrogens is 474 g/mol. The van der Waals surface area contributed by atoms with Crippen molar-refractivity contribution in [3.63, 3.8) is 0 Å². The molecule has 1 N–H and O–H groups in total. The van der Waals surface area contributed by atoms with Crippen molar-refractivity contribution in [2.45, 2.75) is 11.8 Å². The first-order valence-electron chi connectivity index (χ1n) is 10.9. The summed E-state index contributed by atoms with van der Waals surface area (Å²) in [5, 5.41) is 3.24. The number of carbonyl (C=O) groups is 1. The van der Waals surface area contributed by atoms with Crippen LogP contribution in [0.25, 0.3) is 0 Å². The van der Waals surface area contributed by atoms with E-state index < -0.39 is 15.9 Å². The van der Waals surface area contributed by atoms with Crippen LogP contribution in [0.5, 0.6) is 0 Å². The number of halogens is 1. The molecular formula is C25H26ClN3O4S. The number of anilines is 3. The molecule has 1 aliphatic heterocycles. The Morgan fingerprint density at radius 2 is 1.71 bits per heavy atom. The average molecular weight is 500 g/mol. The van der Waals surface area contributed by atoms with E-state index in [2.05, 4.69) is 10.2 Å².